The van der Waals surface area contributed by atoms with Gasteiger partial charge >= 0.3 is 10.1 Å². The SMILES string of the molecule is COc1ccc(C(N)=O)c(OS(=O)(=O)c2ccc(N3CCCC3=O)cc2)c1. The molecule has 2 aromatic carbocycles. The van der Waals surface area contributed by atoms with Crippen molar-refractivity contribution in [1.82, 2.24) is 0 Å². The molecule has 0 spiro atoms. The van der Waals surface area contributed by atoms with E-state index in [4.69, 9.17) is 14.7 Å². The topological polar surface area (TPSA) is 116 Å². The minimum atomic E-state index is -4.21. The fraction of sp³-hybridized carbons (Fsp3) is 0.222. The van der Waals surface area contributed by atoms with Crippen molar-refractivity contribution < 1.29 is 26.9 Å². The number of anilines is 1. The van der Waals surface area contributed by atoms with E-state index in [2.05, 4.69) is 0 Å². The van der Waals surface area contributed by atoms with Gasteiger partial charge in [-0.05, 0) is 42.8 Å². The van der Waals surface area contributed by atoms with Gasteiger partial charge in [-0.15, -0.1) is 0 Å². The van der Waals surface area contributed by atoms with E-state index in [9.17, 15) is 18.0 Å². The van der Waals surface area contributed by atoms with Gasteiger partial charge in [-0.1, -0.05) is 0 Å². The van der Waals surface area contributed by atoms with Crippen LogP contribution >= 0.6 is 0 Å². The van der Waals surface area contributed by atoms with E-state index in [-0.39, 0.29) is 22.1 Å². The lowest BCUT2D eigenvalue weighted by Gasteiger charge is -2.16. The molecular weight excluding hydrogens is 372 g/mol. The highest BCUT2D eigenvalue weighted by molar-refractivity contribution is 7.87. The molecule has 9 heteroatoms. The normalized spacial score (nSPS) is 14.3. The molecule has 2 amide bonds. The van der Waals surface area contributed by atoms with Crippen molar-refractivity contribution >= 4 is 27.6 Å². The van der Waals surface area contributed by atoms with Gasteiger partial charge in [0.2, 0.25) is 5.91 Å². The van der Waals surface area contributed by atoms with Crippen LogP contribution in [0.4, 0.5) is 5.69 Å². The van der Waals surface area contributed by atoms with Gasteiger partial charge in [-0.25, -0.2) is 0 Å². The Balaban J connectivity index is 1.89. The fourth-order valence-corrected chi connectivity index (χ4v) is 3.72. The lowest BCUT2D eigenvalue weighted by atomic mass is 10.2. The van der Waals surface area contributed by atoms with Gasteiger partial charge in [0, 0.05) is 24.7 Å². The van der Waals surface area contributed by atoms with Gasteiger partial charge in [-0.3, -0.25) is 9.59 Å². The molecule has 0 unspecified atom stereocenters. The number of primary amides is 1. The maximum absolute atomic E-state index is 12.6. The summed E-state index contributed by atoms with van der Waals surface area (Å²) >= 11 is 0. The molecule has 0 aliphatic carbocycles. The van der Waals surface area contributed by atoms with Gasteiger partial charge < -0.3 is 19.6 Å². The Morgan fingerprint density at radius 2 is 1.85 bits per heavy atom. The second kappa shape index (κ2) is 7.28. The maximum atomic E-state index is 12.6. The average molecular weight is 390 g/mol. The van der Waals surface area contributed by atoms with Gasteiger partial charge in [-0.2, -0.15) is 8.42 Å². The summed E-state index contributed by atoms with van der Waals surface area (Å²) in [4.78, 5) is 24.8. The summed E-state index contributed by atoms with van der Waals surface area (Å²) in [6, 6.07) is 9.85. The summed E-state index contributed by atoms with van der Waals surface area (Å²) in [5, 5.41) is 0. The van der Waals surface area contributed by atoms with E-state index in [0.717, 1.165) is 6.42 Å². The molecule has 1 saturated heterocycles. The molecule has 142 valence electrons. The smallest absolute Gasteiger partial charge is 0.339 e. The van der Waals surface area contributed by atoms with Crippen molar-refractivity contribution in [3.8, 4) is 11.5 Å². The molecule has 0 bridgehead atoms. The molecule has 0 atom stereocenters. The Kier molecular flexibility index (Phi) is 5.04. The monoisotopic (exact) mass is 390 g/mol. The van der Waals surface area contributed by atoms with Crippen LogP contribution in [0.25, 0.3) is 0 Å². The van der Waals surface area contributed by atoms with Crippen molar-refractivity contribution in [2.45, 2.75) is 17.7 Å². The number of ether oxygens (including phenoxy) is 1. The molecule has 0 saturated carbocycles. The molecule has 27 heavy (non-hydrogen) atoms. The number of benzene rings is 2. The third-order valence-corrected chi connectivity index (χ3v) is 5.41. The Labute approximate surface area is 156 Å². The Bertz CT molecular complexity index is 985. The molecule has 0 aromatic heterocycles. The highest BCUT2D eigenvalue weighted by Gasteiger charge is 2.24. The Morgan fingerprint density at radius 1 is 1.15 bits per heavy atom. The van der Waals surface area contributed by atoms with Gasteiger partial charge in [0.1, 0.15) is 10.6 Å². The second-order valence-corrected chi connectivity index (χ2v) is 7.45. The third-order valence-electron chi connectivity index (χ3n) is 4.16. The van der Waals surface area contributed by atoms with Crippen LogP contribution in [0.2, 0.25) is 0 Å². The number of hydrogen-bond donors (Lipinski definition) is 1. The fourth-order valence-electron chi connectivity index (χ4n) is 2.78. The second-order valence-electron chi connectivity index (χ2n) is 5.91. The molecule has 2 aromatic rings. The largest absolute Gasteiger partial charge is 0.497 e. The van der Waals surface area contributed by atoms with E-state index >= 15 is 0 Å². The minimum absolute atomic E-state index is 0.00402. The van der Waals surface area contributed by atoms with Crippen molar-refractivity contribution in [3.63, 3.8) is 0 Å². The zero-order valence-electron chi connectivity index (χ0n) is 14.5. The van der Waals surface area contributed by atoms with Gasteiger partial charge in [0.15, 0.2) is 5.75 Å². The molecule has 0 radical (unpaired) electrons. The first-order valence-corrected chi connectivity index (χ1v) is 9.55. The predicted molar refractivity (Wildman–Crippen MR) is 97.4 cm³/mol. The van der Waals surface area contributed by atoms with E-state index in [0.29, 0.717) is 24.4 Å². The zero-order valence-corrected chi connectivity index (χ0v) is 15.4. The lowest BCUT2D eigenvalue weighted by molar-refractivity contribution is -0.117. The molecule has 1 fully saturated rings. The molecule has 1 aliphatic heterocycles. The number of nitrogens with zero attached hydrogens (tertiary/aromatic N) is 1. The minimum Gasteiger partial charge on any atom is -0.497 e. The first-order chi connectivity index (χ1) is 12.8. The Morgan fingerprint density at radius 3 is 2.41 bits per heavy atom. The summed E-state index contributed by atoms with van der Waals surface area (Å²) in [7, 11) is -2.82. The number of rotatable bonds is 6. The van der Waals surface area contributed by atoms with Crippen molar-refractivity contribution in [1.29, 1.82) is 0 Å². The van der Waals surface area contributed by atoms with Crippen LogP contribution in [0, 0.1) is 0 Å². The molecule has 8 nitrogen and oxygen atoms in total. The predicted octanol–water partition coefficient (Wildman–Crippen LogP) is 1.69. The first-order valence-electron chi connectivity index (χ1n) is 8.14. The number of carbonyl (C=O) groups is 2. The first kappa shape index (κ1) is 18.7. The van der Waals surface area contributed by atoms with E-state index in [1.807, 2.05) is 0 Å². The van der Waals surface area contributed by atoms with Crippen LogP contribution in [-0.4, -0.2) is 33.9 Å². The zero-order chi connectivity index (χ0) is 19.6. The highest BCUT2D eigenvalue weighted by Crippen LogP contribution is 2.29. The standard InChI is InChI=1S/C18H18N2O6S/c1-25-13-6-9-15(18(19)22)16(11-13)26-27(23,24)14-7-4-12(5-8-14)20-10-2-3-17(20)21/h4-9,11H,2-3,10H2,1H3,(H2,19,22). The average Bonchev–Trinajstić information content (AvgIpc) is 3.07. The highest BCUT2D eigenvalue weighted by atomic mass is 32.2. The van der Waals surface area contributed by atoms with Crippen LogP contribution in [0.5, 0.6) is 11.5 Å². The maximum Gasteiger partial charge on any atom is 0.339 e. The number of amides is 2. The van der Waals surface area contributed by atoms with Crippen molar-refractivity contribution in [3.05, 3.63) is 48.0 Å². The third kappa shape index (κ3) is 3.87. The van der Waals surface area contributed by atoms with Crippen LogP contribution < -0.4 is 19.6 Å². The molecule has 1 aliphatic rings. The molecule has 3 rings (SSSR count). The summed E-state index contributed by atoms with van der Waals surface area (Å²) in [5.74, 6) is -0.733. The van der Waals surface area contributed by atoms with Crippen LogP contribution in [0.1, 0.15) is 23.2 Å². The van der Waals surface area contributed by atoms with Crippen molar-refractivity contribution in [2.75, 3.05) is 18.6 Å². The van der Waals surface area contributed by atoms with E-state index < -0.39 is 16.0 Å². The molecular formula is C18H18N2O6S. The van der Waals surface area contributed by atoms with E-state index in [1.165, 1.54) is 37.4 Å². The van der Waals surface area contributed by atoms with Crippen LogP contribution in [0.15, 0.2) is 47.4 Å². The van der Waals surface area contributed by atoms with Gasteiger partial charge in [0.05, 0.1) is 12.7 Å². The quantitative estimate of drug-likeness (QED) is 0.751. The summed E-state index contributed by atoms with van der Waals surface area (Å²) in [5.41, 5.74) is 5.81. The number of methoxy groups -OCH3 is 1. The summed E-state index contributed by atoms with van der Waals surface area (Å²) in [6.07, 6.45) is 1.25. The molecule has 2 N–H and O–H groups in total. The van der Waals surface area contributed by atoms with Crippen LogP contribution in [0.3, 0.4) is 0 Å². The van der Waals surface area contributed by atoms with Gasteiger partial charge in [0.25, 0.3) is 5.91 Å². The number of hydrogen-bond acceptors (Lipinski definition) is 6. The lowest BCUT2D eigenvalue weighted by Crippen LogP contribution is -2.23. The Hall–Kier alpha value is -3.07. The van der Waals surface area contributed by atoms with E-state index in [1.54, 1.807) is 17.0 Å². The number of nitrogens with two attached hydrogens (primary N) is 1. The molecule has 1 heterocycles. The van der Waals surface area contributed by atoms with Crippen molar-refractivity contribution in [2.24, 2.45) is 5.73 Å². The van der Waals surface area contributed by atoms with Crippen LogP contribution in [-0.2, 0) is 14.9 Å². The number of carbonyl (C=O) groups excluding carboxylic acids is 2. The summed E-state index contributed by atoms with van der Waals surface area (Å²) in [6.45, 7) is 0.604. The summed E-state index contributed by atoms with van der Waals surface area (Å²) < 4.78 is 35.3.